The van der Waals surface area contributed by atoms with Crippen LogP contribution in [0.25, 0.3) is 0 Å². The number of halogens is 2. The second kappa shape index (κ2) is 3.16. The molecular weight excluding hydrogens is 259 g/mol. The minimum absolute atomic E-state index is 0.0159. The van der Waals surface area contributed by atoms with Crippen LogP contribution in [0, 0.1) is 0 Å². The van der Waals surface area contributed by atoms with Crippen molar-refractivity contribution in [2.45, 2.75) is 0 Å². The maximum atomic E-state index is 11.0. The van der Waals surface area contributed by atoms with Gasteiger partial charge in [-0.2, -0.15) is 0 Å². The van der Waals surface area contributed by atoms with Crippen molar-refractivity contribution < 1.29 is 9.53 Å². The number of nitrogens with zero attached hydrogens (tertiary/aromatic N) is 1. The van der Waals surface area contributed by atoms with Crippen molar-refractivity contribution in [1.82, 2.24) is 4.98 Å². The summed E-state index contributed by atoms with van der Waals surface area (Å²) >= 11 is 9.09. The van der Waals surface area contributed by atoms with Gasteiger partial charge in [-0.3, -0.25) is 4.79 Å². The van der Waals surface area contributed by atoms with Crippen molar-refractivity contribution in [3.05, 3.63) is 15.7 Å². The molecule has 1 amide bonds. The fourth-order valence-corrected chi connectivity index (χ4v) is 1.45. The molecule has 0 saturated carbocycles. The quantitative estimate of drug-likeness (QED) is 0.777. The number of pyridine rings is 1. The average Bonchev–Trinajstić information content (AvgIpc) is 2.12. The number of amides is 1. The molecule has 2 rings (SSSR count). The first-order valence-corrected chi connectivity index (χ1v) is 4.62. The number of nitrogens with one attached hydrogen (secondary N) is 1. The van der Waals surface area contributed by atoms with E-state index in [0.29, 0.717) is 21.1 Å². The van der Waals surface area contributed by atoms with Gasteiger partial charge >= 0.3 is 0 Å². The van der Waals surface area contributed by atoms with E-state index in [-0.39, 0.29) is 12.5 Å². The molecule has 0 saturated heterocycles. The molecule has 1 N–H and O–H groups in total. The summed E-state index contributed by atoms with van der Waals surface area (Å²) in [6.45, 7) is -0.0159. The molecule has 0 atom stereocenters. The third-order valence-electron chi connectivity index (χ3n) is 1.54. The molecule has 0 spiro atoms. The molecule has 0 bridgehead atoms. The summed E-state index contributed by atoms with van der Waals surface area (Å²) in [5.41, 5.74) is 0.423. The van der Waals surface area contributed by atoms with Crippen LogP contribution in [0.2, 0.25) is 5.02 Å². The third-order valence-corrected chi connectivity index (χ3v) is 2.76. The van der Waals surface area contributed by atoms with Gasteiger partial charge < -0.3 is 10.1 Å². The lowest BCUT2D eigenvalue weighted by Crippen LogP contribution is -2.26. The molecule has 1 aromatic heterocycles. The Labute approximate surface area is 87.4 Å². The first kappa shape index (κ1) is 8.77. The predicted molar refractivity (Wildman–Crippen MR) is 51.1 cm³/mol. The highest BCUT2D eigenvalue weighted by molar-refractivity contribution is 9.10. The van der Waals surface area contributed by atoms with Crippen LogP contribution < -0.4 is 10.1 Å². The van der Waals surface area contributed by atoms with Gasteiger partial charge in [0.05, 0.1) is 9.50 Å². The summed E-state index contributed by atoms with van der Waals surface area (Å²) < 4.78 is 5.67. The molecule has 1 aromatic rings. The first-order chi connectivity index (χ1) is 6.18. The molecular formula is C7H4BrClN2O2. The van der Waals surface area contributed by atoms with E-state index < -0.39 is 0 Å². The lowest BCUT2D eigenvalue weighted by atomic mass is 10.3. The molecule has 0 radical (unpaired) electrons. The number of hydrogen-bond acceptors (Lipinski definition) is 3. The fourth-order valence-electron chi connectivity index (χ4n) is 0.977. The highest BCUT2D eigenvalue weighted by Crippen LogP contribution is 2.37. The molecule has 1 aliphatic heterocycles. The largest absolute Gasteiger partial charge is 0.466 e. The minimum atomic E-state index is -0.227. The number of ether oxygens (including phenoxy) is 1. The van der Waals surface area contributed by atoms with Crippen molar-refractivity contribution >= 4 is 39.1 Å². The second-order valence-electron chi connectivity index (χ2n) is 2.44. The van der Waals surface area contributed by atoms with E-state index >= 15 is 0 Å². The van der Waals surface area contributed by atoms with E-state index in [1.165, 1.54) is 6.20 Å². The maximum absolute atomic E-state index is 11.0. The Morgan fingerprint density at radius 1 is 1.69 bits per heavy atom. The van der Waals surface area contributed by atoms with E-state index in [1.807, 2.05) is 0 Å². The zero-order valence-corrected chi connectivity index (χ0v) is 8.65. The van der Waals surface area contributed by atoms with Gasteiger partial charge in [0.15, 0.2) is 6.61 Å². The smallest absolute Gasteiger partial charge is 0.262 e. The summed E-state index contributed by atoms with van der Waals surface area (Å²) in [5, 5.41) is 2.98. The number of aromatic nitrogens is 1. The van der Waals surface area contributed by atoms with Gasteiger partial charge in [-0.05, 0) is 15.9 Å². The predicted octanol–water partition coefficient (Wildman–Crippen LogP) is 1.83. The number of carbonyl (C=O) groups excluding carboxylic acids is 1. The third kappa shape index (κ3) is 1.49. The summed E-state index contributed by atoms with van der Waals surface area (Å²) in [4.78, 5) is 14.9. The van der Waals surface area contributed by atoms with E-state index in [0.717, 1.165) is 0 Å². The Kier molecular flexibility index (Phi) is 2.13. The molecule has 0 fully saturated rings. The monoisotopic (exact) mass is 262 g/mol. The van der Waals surface area contributed by atoms with E-state index in [1.54, 1.807) is 0 Å². The fraction of sp³-hybridized carbons (Fsp3) is 0.143. The first-order valence-electron chi connectivity index (χ1n) is 3.45. The van der Waals surface area contributed by atoms with Crippen LogP contribution in [-0.2, 0) is 4.79 Å². The molecule has 6 heteroatoms. The molecule has 2 heterocycles. The molecule has 68 valence electrons. The van der Waals surface area contributed by atoms with Crippen molar-refractivity contribution in [3.8, 4) is 5.88 Å². The van der Waals surface area contributed by atoms with Gasteiger partial charge in [0.2, 0.25) is 5.88 Å². The van der Waals surface area contributed by atoms with Gasteiger partial charge in [0, 0.05) is 6.20 Å². The Hall–Kier alpha value is -0.810. The van der Waals surface area contributed by atoms with Gasteiger partial charge in [-0.25, -0.2) is 4.98 Å². The van der Waals surface area contributed by atoms with E-state index in [4.69, 9.17) is 16.3 Å². The van der Waals surface area contributed by atoms with Gasteiger partial charge in [-0.1, -0.05) is 11.6 Å². The molecule has 4 nitrogen and oxygen atoms in total. The van der Waals surface area contributed by atoms with Crippen molar-refractivity contribution in [1.29, 1.82) is 0 Å². The Morgan fingerprint density at radius 3 is 3.23 bits per heavy atom. The SMILES string of the molecule is O=C1COc2ncc(Br)c(Cl)c2N1. The highest BCUT2D eigenvalue weighted by atomic mass is 79.9. The Bertz CT molecular complexity index is 383. The number of fused-ring (bicyclic) bond motifs is 1. The summed E-state index contributed by atoms with van der Waals surface area (Å²) in [6, 6.07) is 0. The number of hydrogen-bond donors (Lipinski definition) is 1. The van der Waals surface area contributed by atoms with Crippen molar-refractivity contribution in [2.24, 2.45) is 0 Å². The van der Waals surface area contributed by atoms with Crippen LogP contribution in [0.15, 0.2) is 10.7 Å². The lowest BCUT2D eigenvalue weighted by molar-refractivity contribution is -0.118. The van der Waals surface area contributed by atoms with Crippen LogP contribution in [0.3, 0.4) is 0 Å². The van der Waals surface area contributed by atoms with Gasteiger partial charge in [0.1, 0.15) is 5.69 Å². The summed E-state index contributed by atoms with van der Waals surface area (Å²) in [7, 11) is 0. The standard InChI is InChI=1S/C7H4BrClN2O2/c8-3-1-10-7-6(5(3)9)11-4(12)2-13-7/h1H,2H2,(H,11,12). The molecule has 0 aromatic carbocycles. The van der Waals surface area contributed by atoms with Crippen molar-refractivity contribution in [2.75, 3.05) is 11.9 Å². The topological polar surface area (TPSA) is 51.2 Å². The van der Waals surface area contributed by atoms with Gasteiger partial charge in [-0.15, -0.1) is 0 Å². The maximum Gasteiger partial charge on any atom is 0.262 e. The van der Waals surface area contributed by atoms with Crippen molar-refractivity contribution in [3.63, 3.8) is 0 Å². The molecule has 13 heavy (non-hydrogen) atoms. The number of carbonyl (C=O) groups is 1. The Balaban J connectivity index is 2.54. The summed E-state index contributed by atoms with van der Waals surface area (Å²) in [6.07, 6.45) is 1.53. The second-order valence-corrected chi connectivity index (χ2v) is 3.67. The summed E-state index contributed by atoms with van der Waals surface area (Å²) in [5.74, 6) is 0.127. The van der Waals surface area contributed by atoms with Crippen LogP contribution in [0.5, 0.6) is 5.88 Å². The minimum Gasteiger partial charge on any atom is -0.466 e. The van der Waals surface area contributed by atoms with E-state index in [2.05, 4.69) is 26.2 Å². The lowest BCUT2D eigenvalue weighted by Gasteiger charge is -2.17. The van der Waals surface area contributed by atoms with Gasteiger partial charge in [0.25, 0.3) is 5.91 Å². The number of rotatable bonds is 0. The molecule has 0 aliphatic carbocycles. The van der Waals surface area contributed by atoms with Crippen LogP contribution in [-0.4, -0.2) is 17.5 Å². The zero-order chi connectivity index (χ0) is 9.42. The van der Waals surface area contributed by atoms with Crippen LogP contribution in [0.4, 0.5) is 5.69 Å². The van der Waals surface area contributed by atoms with Crippen LogP contribution in [0.1, 0.15) is 0 Å². The van der Waals surface area contributed by atoms with E-state index in [9.17, 15) is 4.79 Å². The zero-order valence-electron chi connectivity index (χ0n) is 6.30. The highest BCUT2D eigenvalue weighted by Gasteiger charge is 2.21. The number of anilines is 1. The molecule has 0 unspecified atom stereocenters. The Morgan fingerprint density at radius 2 is 2.46 bits per heavy atom. The molecule has 1 aliphatic rings. The van der Waals surface area contributed by atoms with Crippen LogP contribution >= 0.6 is 27.5 Å². The normalized spacial score (nSPS) is 14.5. The average molecular weight is 263 g/mol.